The molecule has 0 bridgehead atoms. The average Bonchev–Trinajstić information content (AvgIpc) is 2.52. The SMILES string of the molecule is O=[N+]([O-])c1ccc(-c2ccc([N+](=O)[O-])cc2S(=O)(=O)O)c(S(=O)(=O)O)c1. The molecule has 0 heterocycles. The van der Waals surface area contributed by atoms with E-state index < -0.39 is 62.4 Å². The highest BCUT2D eigenvalue weighted by Gasteiger charge is 2.27. The normalized spacial score (nSPS) is 11.9. The summed E-state index contributed by atoms with van der Waals surface area (Å²) in [4.78, 5) is 17.7. The molecule has 2 aromatic rings. The molecule has 0 unspecified atom stereocenters. The zero-order chi connectivity index (χ0) is 19.9. The Kier molecular flexibility index (Phi) is 4.78. The van der Waals surface area contributed by atoms with E-state index in [1.165, 1.54) is 0 Å². The van der Waals surface area contributed by atoms with Crippen LogP contribution in [0.25, 0.3) is 11.1 Å². The van der Waals surface area contributed by atoms with E-state index in [0.29, 0.717) is 12.1 Å². The van der Waals surface area contributed by atoms with Crippen molar-refractivity contribution in [1.29, 1.82) is 0 Å². The maximum absolute atomic E-state index is 11.6. The zero-order valence-electron chi connectivity index (χ0n) is 12.3. The Morgan fingerprint density at radius 1 is 0.692 bits per heavy atom. The minimum Gasteiger partial charge on any atom is -0.282 e. The highest BCUT2D eigenvalue weighted by atomic mass is 32.2. The van der Waals surface area contributed by atoms with Gasteiger partial charge in [0.1, 0.15) is 9.79 Å². The van der Waals surface area contributed by atoms with Crippen molar-refractivity contribution in [2.75, 3.05) is 0 Å². The molecule has 14 heteroatoms. The first-order valence-electron chi connectivity index (χ1n) is 6.34. The summed E-state index contributed by atoms with van der Waals surface area (Å²) in [5, 5.41) is 21.6. The summed E-state index contributed by atoms with van der Waals surface area (Å²) in [5.74, 6) is 0. The van der Waals surface area contributed by atoms with E-state index in [0.717, 1.165) is 24.3 Å². The molecule has 0 aliphatic rings. The largest absolute Gasteiger partial charge is 0.295 e. The van der Waals surface area contributed by atoms with Crippen LogP contribution in [0.2, 0.25) is 0 Å². The lowest BCUT2D eigenvalue weighted by Gasteiger charge is -2.11. The maximum Gasteiger partial charge on any atom is 0.295 e. The van der Waals surface area contributed by atoms with Gasteiger partial charge in [-0.25, -0.2) is 0 Å². The van der Waals surface area contributed by atoms with E-state index in [4.69, 9.17) is 0 Å². The second-order valence-electron chi connectivity index (χ2n) is 4.83. The minimum absolute atomic E-state index is 0.486. The van der Waals surface area contributed by atoms with Gasteiger partial charge in [0.25, 0.3) is 31.6 Å². The third-order valence-electron chi connectivity index (χ3n) is 3.20. The van der Waals surface area contributed by atoms with Crippen LogP contribution in [-0.2, 0) is 20.2 Å². The molecule has 0 aliphatic carbocycles. The summed E-state index contributed by atoms with van der Waals surface area (Å²) in [6.07, 6.45) is 0. The van der Waals surface area contributed by atoms with Crippen LogP contribution in [0.3, 0.4) is 0 Å². The number of nitrogens with zero attached hydrogens (tertiary/aromatic N) is 2. The first kappa shape index (κ1) is 19.4. The van der Waals surface area contributed by atoms with Gasteiger partial charge in [-0.1, -0.05) is 0 Å². The van der Waals surface area contributed by atoms with Crippen molar-refractivity contribution in [3.8, 4) is 11.1 Å². The van der Waals surface area contributed by atoms with Gasteiger partial charge in [-0.05, 0) is 12.1 Å². The number of rotatable bonds is 5. The van der Waals surface area contributed by atoms with Crippen molar-refractivity contribution < 1.29 is 35.8 Å². The highest BCUT2D eigenvalue weighted by molar-refractivity contribution is 7.86. The van der Waals surface area contributed by atoms with E-state index >= 15 is 0 Å². The Morgan fingerprint density at radius 2 is 1.00 bits per heavy atom. The smallest absolute Gasteiger partial charge is 0.282 e. The monoisotopic (exact) mass is 404 g/mol. The number of nitro benzene ring substituents is 2. The molecule has 26 heavy (non-hydrogen) atoms. The van der Waals surface area contributed by atoms with Gasteiger partial charge in [-0.3, -0.25) is 29.3 Å². The van der Waals surface area contributed by atoms with Crippen molar-refractivity contribution in [2.45, 2.75) is 9.79 Å². The lowest BCUT2D eigenvalue weighted by molar-refractivity contribution is -0.385. The Labute approximate surface area is 145 Å². The molecule has 0 atom stereocenters. The average molecular weight is 404 g/mol. The fourth-order valence-electron chi connectivity index (χ4n) is 2.12. The van der Waals surface area contributed by atoms with Gasteiger partial charge in [0.05, 0.1) is 9.85 Å². The molecule has 2 rings (SSSR count). The molecule has 2 N–H and O–H groups in total. The lowest BCUT2D eigenvalue weighted by Crippen LogP contribution is -2.06. The second kappa shape index (κ2) is 6.41. The highest BCUT2D eigenvalue weighted by Crippen LogP contribution is 2.36. The van der Waals surface area contributed by atoms with Crippen LogP contribution < -0.4 is 0 Å². The van der Waals surface area contributed by atoms with Gasteiger partial charge in [0.2, 0.25) is 0 Å². The molecule has 0 spiro atoms. The van der Waals surface area contributed by atoms with Gasteiger partial charge < -0.3 is 0 Å². The first-order chi connectivity index (χ1) is 11.8. The van der Waals surface area contributed by atoms with Crippen LogP contribution in [0.4, 0.5) is 11.4 Å². The number of benzene rings is 2. The molecular formula is C12H8N2O10S2. The van der Waals surface area contributed by atoms with E-state index in [9.17, 15) is 46.2 Å². The fourth-order valence-corrected chi connectivity index (χ4v) is 3.57. The summed E-state index contributed by atoms with van der Waals surface area (Å²) >= 11 is 0. The number of non-ortho nitro benzene ring substituents is 2. The number of nitro groups is 2. The van der Waals surface area contributed by atoms with Crippen LogP contribution >= 0.6 is 0 Å². The van der Waals surface area contributed by atoms with Gasteiger partial charge in [-0.2, -0.15) is 16.8 Å². The van der Waals surface area contributed by atoms with Gasteiger partial charge in [0.15, 0.2) is 0 Å². The molecule has 0 aliphatic heterocycles. The molecular weight excluding hydrogens is 396 g/mol. The predicted octanol–water partition coefficient (Wildman–Crippen LogP) is 1.66. The van der Waals surface area contributed by atoms with Crippen molar-refractivity contribution in [3.05, 3.63) is 56.6 Å². The van der Waals surface area contributed by atoms with Gasteiger partial charge in [0, 0.05) is 35.4 Å². The standard InChI is InChI=1S/C12H8N2O10S2/c15-13(16)7-1-3-9(11(5-7)25(19,20)21)10-4-2-8(14(17)18)6-12(10)26(22,23)24/h1-6H,(H,19,20,21)(H,22,23,24). The Hall–Kier alpha value is -2.94. The summed E-state index contributed by atoms with van der Waals surface area (Å²) in [6.45, 7) is 0. The Bertz CT molecular complexity index is 1050. The summed E-state index contributed by atoms with van der Waals surface area (Å²) in [5.41, 5.74) is -2.45. The molecule has 0 saturated heterocycles. The van der Waals surface area contributed by atoms with Crippen LogP contribution in [0, 0.1) is 20.2 Å². The van der Waals surface area contributed by atoms with Crippen LogP contribution in [-0.4, -0.2) is 35.8 Å². The molecule has 0 fully saturated rings. The Morgan fingerprint density at radius 3 is 1.23 bits per heavy atom. The fraction of sp³-hybridized carbons (Fsp3) is 0. The van der Waals surface area contributed by atoms with Gasteiger partial charge in [-0.15, -0.1) is 0 Å². The maximum atomic E-state index is 11.6. The van der Waals surface area contributed by atoms with E-state index in [2.05, 4.69) is 0 Å². The van der Waals surface area contributed by atoms with E-state index in [1.807, 2.05) is 0 Å². The first-order valence-corrected chi connectivity index (χ1v) is 9.22. The van der Waals surface area contributed by atoms with E-state index in [-0.39, 0.29) is 0 Å². The summed E-state index contributed by atoms with van der Waals surface area (Å²) < 4.78 is 64.8. The van der Waals surface area contributed by atoms with Crippen LogP contribution in [0.1, 0.15) is 0 Å². The number of hydrogen-bond donors (Lipinski definition) is 2. The third-order valence-corrected chi connectivity index (χ3v) is 4.99. The molecule has 12 nitrogen and oxygen atoms in total. The quantitative estimate of drug-likeness (QED) is 0.420. The summed E-state index contributed by atoms with van der Waals surface area (Å²) in [7, 11) is -10.1. The topological polar surface area (TPSA) is 195 Å². The second-order valence-corrected chi connectivity index (χ2v) is 7.61. The lowest BCUT2D eigenvalue weighted by atomic mass is 10.0. The number of hydrogen-bond acceptors (Lipinski definition) is 8. The molecule has 0 radical (unpaired) electrons. The van der Waals surface area contributed by atoms with E-state index in [1.54, 1.807) is 0 Å². The van der Waals surface area contributed by atoms with Crippen LogP contribution in [0.15, 0.2) is 46.2 Å². The third kappa shape index (κ3) is 3.83. The zero-order valence-corrected chi connectivity index (χ0v) is 14.0. The van der Waals surface area contributed by atoms with Gasteiger partial charge >= 0.3 is 0 Å². The Balaban J connectivity index is 2.92. The summed E-state index contributed by atoms with van der Waals surface area (Å²) in [6, 6.07) is 4.30. The van der Waals surface area contributed by atoms with Crippen molar-refractivity contribution >= 4 is 31.6 Å². The van der Waals surface area contributed by atoms with Crippen molar-refractivity contribution in [3.63, 3.8) is 0 Å². The van der Waals surface area contributed by atoms with Crippen molar-refractivity contribution in [2.24, 2.45) is 0 Å². The molecule has 0 aromatic heterocycles. The minimum atomic E-state index is -5.04. The predicted molar refractivity (Wildman–Crippen MR) is 84.8 cm³/mol. The van der Waals surface area contributed by atoms with Crippen molar-refractivity contribution in [1.82, 2.24) is 0 Å². The molecule has 138 valence electrons. The molecule has 0 amide bonds. The molecule has 2 aromatic carbocycles. The molecule has 0 saturated carbocycles. The van der Waals surface area contributed by atoms with Crippen LogP contribution in [0.5, 0.6) is 0 Å².